The molecule has 0 aliphatic carbocycles. The van der Waals surface area contributed by atoms with Gasteiger partial charge in [0.1, 0.15) is 12.4 Å². The van der Waals surface area contributed by atoms with Gasteiger partial charge < -0.3 is 14.2 Å². The van der Waals surface area contributed by atoms with Gasteiger partial charge in [0.25, 0.3) is 0 Å². The van der Waals surface area contributed by atoms with Crippen LogP contribution < -0.4 is 14.8 Å². The molecular formula is C22H23N3O4. The Balaban J connectivity index is 1.75. The molecule has 150 valence electrons. The summed E-state index contributed by atoms with van der Waals surface area (Å²) >= 11 is 0. The average Bonchev–Trinajstić information content (AvgIpc) is 2.77. The predicted octanol–water partition coefficient (Wildman–Crippen LogP) is 3.91. The molecule has 1 heterocycles. The zero-order chi connectivity index (χ0) is 20.5. The van der Waals surface area contributed by atoms with Crippen LogP contribution in [-0.2, 0) is 11.3 Å². The van der Waals surface area contributed by atoms with Crippen LogP contribution in [-0.4, -0.2) is 29.6 Å². The van der Waals surface area contributed by atoms with Crippen molar-refractivity contribution >= 4 is 6.09 Å². The molecule has 0 fully saturated rings. The molecule has 1 aromatic heterocycles. The van der Waals surface area contributed by atoms with Crippen LogP contribution in [0.3, 0.4) is 0 Å². The molecular weight excluding hydrogens is 370 g/mol. The van der Waals surface area contributed by atoms with Crippen molar-refractivity contribution in [3.05, 3.63) is 77.8 Å². The highest BCUT2D eigenvalue weighted by molar-refractivity contribution is 5.68. The highest BCUT2D eigenvalue weighted by atomic mass is 16.5. The van der Waals surface area contributed by atoms with Crippen LogP contribution in [0.1, 0.15) is 18.9 Å². The normalized spacial score (nSPS) is 11.2. The van der Waals surface area contributed by atoms with Crippen LogP contribution >= 0.6 is 0 Å². The molecule has 0 unspecified atom stereocenters. The molecule has 3 aromatic rings. The Morgan fingerprint density at radius 1 is 1.10 bits per heavy atom. The standard InChI is InChI=1S/C22H23N3O4/c1-3-13-28-21-14-18(15-23-25(21)19-7-5-4-6-8-19)24-22(26)29-16-17-9-11-20(27-2)12-10-17/h4-12,14-15H,3,13,16H2,1-2H3/b24-18+. The van der Waals surface area contributed by atoms with Crippen molar-refractivity contribution in [3.63, 3.8) is 0 Å². The van der Waals surface area contributed by atoms with Crippen LogP contribution in [0.15, 0.2) is 71.9 Å². The summed E-state index contributed by atoms with van der Waals surface area (Å²) in [6.07, 6.45) is 1.65. The van der Waals surface area contributed by atoms with Crippen LogP contribution in [0.2, 0.25) is 0 Å². The zero-order valence-electron chi connectivity index (χ0n) is 16.4. The van der Waals surface area contributed by atoms with E-state index in [-0.39, 0.29) is 6.61 Å². The summed E-state index contributed by atoms with van der Waals surface area (Å²) in [5, 5.41) is 4.73. The molecule has 0 spiro atoms. The Kier molecular flexibility index (Phi) is 7.00. The van der Waals surface area contributed by atoms with Crippen molar-refractivity contribution in [2.24, 2.45) is 4.99 Å². The third-order valence-corrected chi connectivity index (χ3v) is 3.98. The molecule has 0 atom stereocenters. The van der Waals surface area contributed by atoms with E-state index in [1.165, 1.54) is 6.20 Å². The number of carbonyl (C=O) groups excluding carboxylic acids is 1. The summed E-state index contributed by atoms with van der Waals surface area (Å²) in [5.41, 5.74) is 1.70. The minimum atomic E-state index is -0.693. The van der Waals surface area contributed by atoms with Gasteiger partial charge in [0.2, 0.25) is 5.88 Å². The minimum absolute atomic E-state index is 0.121. The smallest absolute Gasteiger partial charge is 0.434 e. The Morgan fingerprint density at radius 2 is 1.86 bits per heavy atom. The van der Waals surface area contributed by atoms with Gasteiger partial charge in [-0.2, -0.15) is 10.1 Å². The molecule has 0 radical (unpaired) electrons. The second-order valence-electron chi connectivity index (χ2n) is 6.16. The van der Waals surface area contributed by atoms with Gasteiger partial charge in [-0.3, -0.25) is 0 Å². The molecule has 29 heavy (non-hydrogen) atoms. The third-order valence-electron chi connectivity index (χ3n) is 3.98. The van der Waals surface area contributed by atoms with Crippen molar-refractivity contribution in [1.82, 2.24) is 9.78 Å². The number of carbonyl (C=O) groups is 1. The fourth-order valence-electron chi connectivity index (χ4n) is 2.54. The maximum absolute atomic E-state index is 12.1. The first-order valence-electron chi connectivity index (χ1n) is 9.31. The minimum Gasteiger partial charge on any atom is -0.497 e. The molecule has 2 aromatic carbocycles. The topological polar surface area (TPSA) is 74.9 Å². The summed E-state index contributed by atoms with van der Waals surface area (Å²) in [6.45, 7) is 2.67. The van der Waals surface area contributed by atoms with E-state index in [0.29, 0.717) is 17.8 Å². The van der Waals surface area contributed by atoms with E-state index in [2.05, 4.69) is 10.1 Å². The zero-order valence-corrected chi connectivity index (χ0v) is 16.4. The first-order valence-corrected chi connectivity index (χ1v) is 9.31. The Labute approximate surface area is 169 Å². The SMILES string of the molecule is CCCOc1c/c(=N\C(=O)OCc2ccc(OC)cc2)cnn1-c1ccccc1. The molecule has 0 aliphatic heterocycles. The van der Waals surface area contributed by atoms with E-state index in [9.17, 15) is 4.79 Å². The van der Waals surface area contributed by atoms with Crippen molar-refractivity contribution in [2.75, 3.05) is 13.7 Å². The lowest BCUT2D eigenvalue weighted by Crippen LogP contribution is -2.16. The maximum Gasteiger partial charge on any atom is 0.434 e. The molecule has 0 N–H and O–H groups in total. The van der Waals surface area contributed by atoms with E-state index in [1.54, 1.807) is 30.0 Å². The second kappa shape index (κ2) is 10.1. The Morgan fingerprint density at radius 3 is 2.55 bits per heavy atom. The number of methoxy groups -OCH3 is 1. The van der Waals surface area contributed by atoms with Gasteiger partial charge in [-0.15, -0.1) is 0 Å². The predicted molar refractivity (Wildman–Crippen MR) is 108 cm³/mol. The van der Waals surface area contributed by atoms with Crippen molar-refractivity contribution in [3.8, 4) is 17.3 Å². The number of para-hydroxylation sites is 1. The van der Waals surface area contributed by atoms with Gasteiger partial charge in [0, 0.05) is 6.07 Å². The highest BCUT2D eigenvalue weighted by Crippen LogP contribution is 2.15. The molecule has 7 nitrogen and oxygen atoms in total. The number of aromatic nitrogens is 2. The first-order chi connectivity index (χ1) is 14.2. The van der Waals surface area contributed by atoms with Crippen LogP contribution in [0, 0.1) is 0 Å². The van der Waals surface area contributed by atoms with E-state index in [4.69, 9.17) is 14.2 Å². The van der Waals surface area contributed by atoms with Gasteiger partial charge in [-0.1, -0.05) is 37.3 Å². The summed E-state index contributed by atoms with van der Waals surface area (Å²) in [5.74, 6) is 1.24. The molecule has 1 amide bonds. The molecule has 7 heteroatoms. The molecule has 0 saturated carbocycles. The number of ether oxygens (including phenoxy) is 3. The van der Waals surface area contributed by atoms with Gasteiger partial charge >= 0.3 is 6.09 Å². The Bertz CT molecular complexity index is 999. The van der Waals surface area contributed by atoms with Gasteiger partial charge in [-0.05, 0) is 36.2 Å². The van der Waals surface area contributed by atoms with Gasteiger partial charge in [0.15, 0.2) is 0 Å². The molecule has 3 rings (SSSR count). The fourth-order valence-corrected chi connectivity index (χ4v) is 2.54. The van der Waals surface area contributed by atoms with E-state index < -0.39 is 6.09 Å². The highest BCUT2D eigenvalue weighted by Gasteiger charge is 2.07. The first kappa shape index (κ1) is 20.1. The van der Waals surface area contributed by atoms with Crippen molar-refractivity contribution in [1.29, 1.82) is 0 Å². The Hall–Kier alpha value is -3.61. The molecule has 0 bridgehead atoms. The van der Waals surface area contributed by atoms with Crippen molar-refractivity contribution < 1.29 is 19.0 Å². The number of nitrogens with zero attached hydrogens (tertiary/aromatic N) is 3. The molecule has 0 saturated heterocycles. The average molecular weight is 393 g/mol. The van der Waals surface area contributed by atoms with E-state index in [1.807, 2.05) is 49.4 Å². The number of hydrogen-bond acceptors (Lipinski definition) is 5. The van der Waals surface area contributed by atoms with E-state index in [0.717, 1.165) is 23.4 Å². The van der Waals surface area contributed by atoms with Crippen LogP contribution in [0.25, 0.3) is 5.69 Å². The maximum atomic E-state index is 12.1. The quantitative estimate of drug-likeness (QED) is 0.608. The number of amides is 1. The number of hydrogen-bond donors (Lipinski definition) is 0. The summed E-state index contributed by atoms with van der Waals surface area (Å²) < 4.78 is 17.8. The largest absolute Gasteiger partial charge is 0.497 e. The monoisotopic (exact) mass is 393 g/mol. The fraction of sp³-hybridized carbons (Fsp3) is 0.227. The number of rotatable bonds is 7. The van der Waals surface area contributed by atoms with E-state index >= 15 is 0 Å². The molecule has 0 aliphatic rings. The number of benzene rings is 2. The second-order valence-corrected chi connectivity index (χ2v) is 6.16. The third kappa shape index (κ3) is 5.68. The lowest BCUT2D eigenvalue weighted by Gasteiger charge is -2.12. The lowest BCUT2D eigenvalue weighted by molar-refractivity contribution is 0.150. The summed E-state index contributed by atoms with van der Waals surface area (Å²) in [6, 6.07) is 18.6. The van der Waals surface area contributed by atoms with Crippen LogP contribution in [0.5, 0.6) is 11.6 Å². The van der Waals surface area contributed by atoms with Crippen molar-refractivity contribution in [2.45, 2.75) is 20.0 Å². The van der Waals surface area contributed by atoms with Gasteiger partial charge in [0.05, 0.1) is 31.0 Å². The van der Waals surface area contributed by atoms with Crippen LogP contribution in [0.4, 0.5) is 4.79 Å². The summed E-state index contributed by atoms with van der Waals surface area (Å²) in [7, 11) is 1.60. The lowest BCUT2D eigenvalue weighted by atomic mass is 10.2. The van der Waals surface area contributed by atoms with Gasteiger partial charge in [-0.25, -0.2) is 9.48 Å². The summed E-state index contributed by atoms with van der Waals surface area (Å²) in [4.78, 5) is 16.1.